The standard InChI is InChI=1S/C18H21FN6/c19-15-11-25(8-6-13-4-2-1-3-5-13)9-7-16(15)23-17-14-10-22-24-18(14)21-12-20-17/h1-5,10,12,15-16H,6-9,11H2,(H2,20,21,22,23,24)/t15-,16-/m0/s1. The molecule has 2 N–H and O–H groups in total. The number of likely N-dealkylation sites (tertiary alicyclic amines) is 1. The lowest BCUT2D eigenvalue weighted by molar-refractivity contribution is 0.127. The van der Waals surface area contributed by atoms with Crippen molar-refractivity contribution < 1.29 is 4.39 Å². The fourth-order valence-corrected chi connectivity index (χ4v) is 3.32. The van der Waals surface area contributed by atoms with Crippen LogP contribution in [0, 0.1) is 0 Å². The topological polar surface area (TPSA) is 69.7 Å². The summed E-state index contributed by atoms with van der Waals surface area (Å²) in [5.41, 5.74) is 1.95. The number of nitrogens with one attached hydrogen (secondary N) is 2. The molecule has 0 amide bonds. The number of rotatable bonds is 5. The van der Waals surface area contributed by atoms with E-state index in [0.717, 1.165) is 31.3 Å². The summed E-state index contributed by atoms with van der Waals surface area (Å²) in [6.07, 6.45) is 3.90. The smallest absolute Gasteiger partial charge is 0.160 e. The number of aromatic amines is 1. The molecule has 3 aromatic rings. The van der Waals surface area contributed by atoms with Gasteiger partial charge in [-0.2, -0.15) is 5.10 Å². The van der Waals surface area contributed by atoms with Crippen molar-refractivity contribution in [2.45, 2.75) is 25.1 Å². The van der Waals surface area contributed by atoms with Gasteiger partial charge in [-0.05, 0) is 18.4 Å². The lowest BCUT2D eigenvalue weighted by atomic mass is 10.0. The van der Waals surface area contributed by atoms with E-state index in [1.165, 1.54) is 11.9 Å². The molecule has 1 fully saturated rings. The van der Waals surface area contributed by atoms with Crippen molar-refractivity contribution in [2.24, 2.45) is 0 Å². The average molecular weight is 340 g/mol. The Hall–Kier alpha value is -2.54. The SMILES string of the molecule is F[C@H]1CN(CCc2ccccc2)CC[C@@H]1Nc1ncnc2[nH]ncc12. The molecule has 0 saturated carbocycles. The van der Waals surface area contributed by atoms with Gasteiger partial charge < -0.3 is 5.32 Å². The van der Waals surface area contributed by atoms with Crippen LogP contribution in [-0.4, -0.2) is 56.9 Å². The highest BCUT2D eigenvalue weighted by Crippen LogP contribution is 2.22. The number of benzene rings is 1. The largest absolute Gasteiger partial charge is 0.364 e. The van der Waals surface area contributed by atoms with E-state index < -0.39 is 6.17 Å². The van der Waals surface area contributed by atoms with Gasteiger partial charge in [0.05, 0.1) is 17.6 Å². The summed E-state index contributed by atoms with van der Waals surface area (Å²) in [5.74, 6) is 0.643. The Bertz CT molecular complexity index is 821. The van der Waals surface area contributed by atoms with Gasteiger partial charge in [-0.25, -0.2) is 14.4 Å². The fraction of sp³-hybridized carbons (Fsp3) is 0.389. The molecule has 3 heterocycles. The maximum Gasteiger partial charge on any atom is 0.160 e. The molecule has 1 saturated heterocycles. The minimum absolute atomic E-state index is 0.235. The van der Waals surface area contributed by atoms with Gasteiger partial charge in [0.2, 0.25) is 0 Å². The summed E-state index contributed by atoms with van der Waals surface area (Å²) >= 11 is 0. The predicted molar refractivity (Wildman–Crippen MR) is 95.2 cm³/mol. The van der Waals surface area contributed by atoms with Crippen LogP contribution < -0.4 is 5.32 Å². The quantitative estimate of drug-likeness (QED) is 0.746. The van der Waals surface area contributed by atoms with Crippen LogP contribution in [0.1, 0.15) is 12.0 Å². The van der Waals surface area contributed by atoms with Crippen LogP contribution in [0.4, 0.5) is 10.2 Å². The van der Waals surface area contributed by atoms with E-state index in [-0.39, 0.29) is 6.04 Å². The van der Waals surface area contributed by atoms with Crippen LogP contribution in [0.5, 0.6) is 0 Å². The molecule has 0 bridgehead atoms. The van der Waals surface area contributed by atoms with Gasteiger partial charge >= 0.3 is 0 Å². The summed E-state index contributed by atoms with van der Waals surface area (Å²) < 4.78 is 14.7. The first-order chi connectivity index (χ1) is 12.3. The van der Waals surface area contributed by atoms with Crippen molar-refractivity contribution in [3.05, 3.63) is 48.4 Å². The van der Waals surface area contributed by atoms with Crippen molar-refractivity contribution in [2.75, 3.05) is 25.0 Å². The number of piperidine rings is 1. The number of hydrogen-bond donors (Lipinski definition) is 2. The van der Waals surface area contributed by atoms with E-state index in [1.54, 1.807) is 6.20 Å². The van der Waals surface area contributed by atoms with Crippen LogP contribution >= 0.6 is 0 Å². The second kappa shape index (κ2) is 7.14. The number of alkyl halides is 1. The maximum atomic E-state index is 14.7. The fourth-order valence-electron chi connectivity index (χ4n) is 3.32. The van der Waals surface area contributed by atoms with Crippen molar-refractivity contribution in [3.8, 4) is 0 Å². The van der Waals surface area contributed by atoms with Crippen LogP contribution in [0.15, 0.2) is 42.9 Å². The third kappa shape index (κ3) is 3.61. The van der Waals surface area contributed by atoms with Crippen molar-refractivity contribution in [3.63, 3.8) is 0 Å². The molecule has 25 heavy (non-hydrogen) atoms. The van der Waals surface area contributed by atoms with Gasteiger partial charge in [-0.1, -0.05) is 30.3 Å². The first kappa shape index (κ1) is 16.0. The zero-order valence-corrected chi connectivity index (χ0v) is 13.9. The Morgan fingerprint density at radius 1 is 1.24 bits per heavy atom. The number of anilines is 1. The maximum absolute atomic E-state index is 14.7. The van der Waals surface area contributed by atoms with E-state index >= 15 is 0 Å². The molecule has 0 spiro atoms. The minimum atomic E-state index is -0.929. The van der Waals surface area contributed by atoms with Crippen molar-refractivity contribution in [1.29, 1.82) is 0 Å². The molecule has 1 aromatic carbocycles. The van der Waals surface area contributed by atoms with E-state index in [0.29, 0.717) is 18.0 Å². The first-order valence-corrected chi connectivity index (χ1v) is 8.60. The summed E-state index contributed by atoms with van der Waals surface area (Å²) in [6.45, 7) is 2.21. The molecule has 0 radical (unpaired) electrons. The number of hydrogen-bond acceptors (Lipinski definition) is 5. The molecule has 2 aromatic heterocycles. The lowest BCUT2D eigenvalue weighted by Crippen LogP contribution is -2.48. The third-order valence-electron chi connectivity index (χ3n) is 4.76. The van der Waals surface area contributed by atoms with E-state index in [2.05, 4.69) is 42.5 Å². The van der Waals surface area contributed by atoms with Crippen LogP contribution in [0.3, 0.4) is 0 Å². The van der Waals surface area contributed by atoms with Gasteiger partial charge in [0.25, 0.3) is 0 Å². The average Bonchev–Trinajstić information content (AvgIpc) is 3.13. The molecule has 0 aliphatic carbocycles. The molecule has 1 aliphatic rings. The Labute approximate surface area is 145 Å². The lowest BCUT2D eigenvalue weighted by Gasteiger charge is -2.35. The highest BCUT2D eigenvalue weighted by Gasteiger charge is 2.29. The molecule has 130 valence electrons. The summed E-state index contributed by atoms with van der Waals surface area (Å²) in [5, 5.41) is 10.8. The highest BCUT2D eigenvalue weighted by molar-refractivity contribution is 5.85. The summed E-state index contributed by atoms with van der Waals surface area (Å²) in [4.78, 5) is 10.5. The molecule has 0 unspecified atom stereocenters. The number of nitrogens with zero attached hydrogens (tertiary/aromatic N) is 4. The van der Waals surface area contributed by atoms with Crippen molar-refractivity contribution >= 4 is 16.9 Å². The number of halogens is 1. The summed E-state index contributed by atoms with van der Waals surface area (Å²) in [6, 6.07) is 10.1. The van der Waals surface area contributed by atoms with Crippen molar-refractivity contribution in [1.82, 2.24) is 25.1 Å². The third-order valence-corrected chi connectivity index (χ3v) is 4.76. The zero-order chi connectivity index (χ0) is 17.1. The van der Waals surface area contributed by atoms with Gasteiger partial charge in [0.1, 0.15) is 18.3 Å². The van der Waals surface area contributed by atoms with Crippen LogP contribution in [0.25, 0.3) is 11.0 Å². The summed E-state index contributed by atoms with van der Waals surface area (Å²) in [7, 11) is 0. The molecular formula is C18H21FN6. The van der Waals surface area contributed by atoms with Gasteiger partial charge in [0, 0.05) is 19.6 Å². The monoisotopic (exact) mass is 340 g/mol. The Kier molecular flexibility index (Phi) is 4.56. The molecule has 2 atom stereocenters. The second-order valence-electron chi connectivity index (χ2n) is 6.45. The van der Waals surface area contributed by atoms with Crippen LogP contribution in [0.2, 0.25) is 0 Å². The molecule has 7 heteroatoms. The normalized spacial score (nSPS) is 21.5. The van der Waals surface area contributed by atoms with E-state index in [4.69, 9.17) is 0 Å². The van der Waals surface area contributed by atoms with Gasteiger partial charge in [-0.3, -0.25) is 10.00 Å². The first-order valence-electron chi connectivity index (χ1n) is 8.60. The Morgan fingerprint density at radius 3 is 2.96 bits per heavy atom. The second-order valence-corrected chi connectivity index (χ2v) is 6.45. The Balaban J connectivity index is 1.34. The number of H-pyrrole nitrogens is 1. The number of fused-ring (bicyclic) bond motifs is 1. The van der Waals surface area contributed by atoms with E-state index in [9.17, 15) is 4.39 Å². The molecular weight excluding hydrogens is 319 g/mol. The van der Waals surface area contributed by atoms with Gasteiger partial charge in [-0.15, -0.1) is 0 Å². The number of aromatic nitrogens is 4. The zero-order valence-electron chi connectivity index (χ0n) is 13.9. The van der Waals surface area contributed by atoms with E-state index in [1.807, 2.05) is 18.2 Å². The van der Waals surface area contributed by atoms with Crippen LogP contribution in [-0.2, 0) is 6.42 Å². The molecule has 1 aliphatic heterocycles. The minimum Gasteiger partial charge on any atom is -0.364 e. The van der Waals surface area contributed by atoms with Gasteiger partial charge in [0.15, 0.2) is 5.65 Å². The predicted octanol–water partition coefficient (Wildman–Crippen LogP) is 2.42. The molecule has 4 rings (SSSR count). The molecule has 6 nitrogen and oxygen atoms in total. The highest BCUT2D eigenvalue weighted by atomic mass is 19.1. The Morgan fingerprint density at radius 2 is 2.12 bits per heavy atom.